The number of anilines is 1. The molecular formula is C25H34FN3O2. The summed E-state index contributed by atoms with van der Waals surface area (Å²) in [5.74, 6) is 0.604. The predicted molar refractivity (Wildman–Crippen MR) is 122 cm³/mol. The number of halogens is 1. The smallest absolute Gasteiger partial charge is 0.124 e. The second-order valence-corrected chi connectivity index (χ2v) is 8.56. The first-order valence-electron chi connectivity index (χ1n) is 11.5. The van der Waals surface area contributed by atoms with Gasteiger partial charge in [0, 0.05) is 56.6 Å². The van der Waals surface area contributed by atoms with E-state index in [1.54, 1.807) is 12.1 Å². The lowest BCUT2D eigenvalue weighted by atomic mass is 10.0. The summed E-state index contributed by atoms with van der Waals surface area (Å²) in [6, 6.07) is 13.6. The summed E-state index contributed by atoms with van der Waals surface area (Å²) in [6.07, 6.45) is 2.46. The molecule has 2 aromatic carbocycles. The van der Waals surface area contributed by atoms with Gasteiger partial charge in [-0.3, -0.25) is 9.80 Å². The van der Waals surface area contributed by atoms with Crippen molar-refractivity contribution in [3.63, 3.8) is 0 Å². The zero-order valence-electron chi connectivity index (χ0n) is 18.5. The fourth-order valence-electron chi connectivity index (χ4n) is 4.88. The zero-order chi connectivity index (χ0) is 21.6. The van der Waals surface area contributed by atoms with Gasteiger partial charge in [-0.15, -0.1) is 0 Å². The van der Waals surface area contributed by atoms with Gasteiger partial charge in [-0.05, 0) is 68.3 Å². The Bertz CT molecular complexity index is 837. The second kappa shape index (κ2) is 10.4. The summed E-state index contributed by atoms with van der Waals surface area (Å²) in [6.45, 7) is 9.75. The maximum atomic E-state index is 13.2. The van der Waals surface area contributed by atoms with Gasteiger partial charge in [0.1, 0.15) is 11.6 Å². The normalized spacial score (nSPS) is 20.7. The molecule has 1 N–H and O–H groups in total. The highest BCUT2D eigenvalue weighted by Crippen LogP contribution is 2.24. The van der Waals surface area contributed by atoms with Gasteiger partial charge in [-0.2, -0.15) is 0 Å². The van der Waals surface area contributed by atoms with Crippen LogP contribution in [-0.2, 0) is 13.2 Å². The Balaban J connectivity index is 1.31. The van der Waals surface area contributed by atoms with E-state index in [0.29, 0.717) is 12.6 Å². The third-order valence-corrected chi connectivity index (χ3v) is 6.50. The number of rotatable bonds is 7. The van der Waals surface area contributed by atoms with Gasteiger partial charge >= 0.3 is 0 Å². The van der Waals surface area contributed by atoms with Crippen LogP contribution in [0.4, 0.5) is 10.1 Å². The van der Waals surface area contributed by atoms with E-state index in [-0.39, 0.29) is 12.4 Å². The first-order valence-corrected chi connectivity index (χ1v) is 11.5. The van der Waals surface area contributed by atoms with Gasteiger partial charge in [0.05, 0.1) is 13.2 Å². The third-order valence-electron chi connectivity index (χ3n) is 6.50. The lowest BCUT2D eigenvalue weighted by Gasteiger charge is -2.44. The molecule has 4 rings (SSSR count). The molecule has 0 aromatic heterocycles. The Morgan fingerprint density at radius 2 is 1.81 bits per heavy atom. The number of aliphatic hydroxyl groups excluding tert-OH is 1. The summed E-state index contributed by atoms with van der Waals surface area (Å²) in [5.41, 5.74) is 3.21. The van der Waals surface area contributed by atoms with Crippen LogP contribution in [0, 0.1) is 5.82 Å². The summed E-state index contributed by atoms with van der Waals surface area (Å²) < 4.78 is 18.8. The minimum absolute atomic E-state index is 0.00410. The van der Waals surface area contributed by atoms with Crippen LogP contribution in [0.3, 0.4) is 0 Å². The predicted octanol–water partition coefficient (Wildman–Crippen LogP) is 3.50. The average Bonchev–Trinajstić information content (AvgIpc) is 2.81. The third kappa shape index (κ3) is 5.56. The first-order chi connectivity index (χ1) is 15.2. The fraction of sp³-hybridized carbons (Fsp3) is 0.520. The maximum absolute atomic E-state index is 13.2. The van der Waals surface area contributed by atoms with Crippen LogP contribution in [0.1, 0.15) is 30.9 Å². The van der Waals surface area contributed by atoms with E-state index >= 15 is 0 Å². The molecule has 2 aliphatic rings. The SMILES string of the molecule is CCOc1ccc(CN2CCCC(N3CCN(c4ccc(F)cc4)CC3)C2)cc1CO. The van der Waals surface area contributed by atoms with Gasteiger partial charge in [0.2, 0.25) is 0 Å². The molecule has 1 atom stereocenters. The minimum Gasteiger partial charge on any atom is -0.494 e. The largest absolute Gasteiger partial charge is 0.494 e. The molecule has 6 heteroatoms. The maximum Gasteiger partial charge on any atom is 0.124 e. The second-order valence-electron chi connectivity index (χ2n) is 8.56. The number of hydrogen-bond acceptors (Lipinski definition) is 5. The molecule has 2 aliphatic heterocycles. The Labute approximate surface area is 185 Å². The fourth-order valence-corrected chi connectivity index (χ4v) is 4.88. The number of hydrogen-bond donors (Lipinski definition) is 1. The molecule has 0 radical (unpaired) electrons. The molecule has 0 aliphatic carbocycles. The lowest BCUT2D eigenvalue weighted by molar-refractivity contribution is 0.0887. The molecule has 0 amide bonds. The van der Waals surface area contributed by atoms with Crippen LogP contribution >= 0.6 is 0 Å². The molecule has 1 unspecified atom stereocenters. The van der Waals surface area contributed by atoms with E-state index in [0.717, 1.165) is 62.8 Å². The van der Waals surface area contributed by atoms with E-state index in [1.807, 2.05) is 25.1 Å². The Kier molecular flexibility index (Phi) is 7.43. The van der Waals surface area contributed by atoms with Gasteiger partial charge in [-0.25, -0.2) is 4.39 Å². The molecule has 2 saturated heterocycles. The van der Waals surface area contributed by atoms with Gasteiger partial charge in [-0.1, -0.05) is 6.07 Å². The number of benzene rings is 2. The standard InChI is InChI=1S/C25H34FN3O2/c1-2-31-25-10-5-20(16-21(25)19-30)17-27-11-3-4-24(18-27)29-14-12-28(13-15-29)23-8-6-22(26)7-9-23/h5-10,16,24,30H,2-4,11-15,17-19H2,1H3. The number of piperidine rings is 1. The van der Waals surface area contributed by atoms with Crippen molar-refractivity contribution in [2.24, 2.45) is 0 Å². The molecule has 31 heavy (non-hydrogen) atoms. The van der Waals surface area contributed by atoms with Crippen LogP contribution in [0.2, 0.25) is 0 Å². The molecule has 168 valence electrons. The Morgan fingerprint density at radius 1 is 1.03 bits per heavy atom. The molecule has 2 fully saturated rings. The number of ether oxygens (including phenoxy) is 1. The van der Waals surface area contributed by atoms with Gasteiger partial charge < -0.3 is 14.7 Å². The molecule has 5 nitrogen and oxygen atoms in total. The first kappa shape index (κ1) is 22.1. The van der Waals surface area contributed by atoms with Crippen molar-refractivity contribution in [3.8, 4) is 5.75 Å². The quantitative estimate of drug-likeness (QED) is 0.732. The van der Waals surface area contributed by atoms with E-state index in [1.165, 1.54) is 18.4 Å². The topological polar surface area (TPSA) is 39.2 Å². The highest BCUT2D eigenvalue weighted by molar-refractivity contribution is 5.46. The Hall–Kier alpha value is -2.15. The molecular weight excluding hydrogens is 393 g/mol. The number of nitrogens with zero attached hydrogens (tertiary/aromatic N) is 3. The number of piperazine rings is 1. The molecule has 2 heterocycles. The van der Waals surface area contributed by atoms with Crippen molar-refractivity contribution in [2.75, 3.05) is 50.8 Å². The highest BCUT2D eigenvalue weighted by Gasteiger charge is 2.28. The minimum atomic E-state index is -0.177. The summed E-state index contributed by atoms with van der Waals surface area (Å²) in [5, 5.41) is 9.68. The summed E-state index contributed by atoms with van der Waals surface area (Å²) >= 11 is 0. The van der Waals surface area contributed by atoms with Crippen molar-refractivity contribution in [3.05, 3.63) is 59.4 Å². The van der Waals surface area contributed by atoms with Crippen molar-refractivity contribution in [1.82, 2.24) is 9.80 Å². The van der Waals surface area contributed by atoms with Crippen molar-refractivity contribution >= 4 is 5.69 Å². The molecule has 0 spiro atoms. The molecule has 0 saturated carbocycles. The van der Waals surface area contributed by atoms with Crippen LogP contribution in [-0.4, -0.2) is 66.8 Å². The summed E-state index contributed by atoms with van der Waals surface area (Å²) in [4.78, 5) is 7.52. The van der Waals surface area contributed by atoms with E-state index in [9.17, 15) is 9.50 Å². The average molecular weight is 428 g/mol. The van der Waals surface area contributed by atoms with E-state index in [4.69, 9.17) is 4.74 Å². The monoisotopic (exact) mass is 427 g/mol. The number of aliphatic hydroxyl groups is 1. The van der Waals surface area contributed by atoms with Crippen LogP contribution in [0.15, 0.2) is 42.5 Å². The van der Waals surface area contributed by atoms with Crippen molar-refractivity contribution in [2.45, 2.75) is 39.0 Å². The van der Waals surface area contributed by atoms with E-state index < -0.39 is 0 Å². The van der Waals surface area contributed by atoms with E-state index in [2.05, 4.69) is 26.8 Å². The Morgan fingerprint density at radius 3 is 2.52 bits per heavy atom. The van der Waals surface area contributed by atoms with Gasteiger partial charge in [0.15, 0.2) is 0 Å². The highest BCUT2D eigenvalue weighted by atomic mass is 19.1. The lowest BCUT2D eigenvalue weighted by Crippen LogP contribution is -2.55. The van der Waals surface area contributed by atoms with Crippen molar-refractivity contribution < 1.29 is 14.2 Å². The zero-order valence-corrected chi connectivity index (χ0v) is 18.5. The molecule has 0 bridgehead atoms. The molecule has 2 aromatic rings. The van der Waals surface area contributed by atoms with Crippen LogP contribution in [0.25, 0.3) is 0 Å². The van der Waals surface area contributed by atoms with Crippen LogP contribution in [0.5, 0.6) is 5.75 Å². The van der Waals surface area contributed by atoms with Crippen LogP contribution < -0.4 is 9.64 Å². The summed E-state index contributed by atoms with van der Waals surface area (Å²) in [7, 11) is 0. The van der Waals surface area contributed by atoms with Crippen molar-refractivity contribution in [1.29, 1.82) is 0 Å². The number of likely N-dealkylation sites (tertiary alicyclic amines) is 1. The van der Waals surface area contributed by atoms with Gasteiger partial charge in [0.25, 0.3) is 0 Å².